The number of ether oxygens (including phenoxy) is 1. The molecule has 1 heterocycles. The SMILES string of the molecule is Cc1n[nH]c(C)c1NC(=O)COc1ccccc1C(N)=S. The molecular formula is C14H16N4O2S. The van der Waals surface area contributed by atoms with Crippen molar-refractivity contribution in [2.24, 2.45) is 5.73 Å². The molecule has 1 amide bonds. The molecule has 4 N–H and O–H groups in total. The third-order valence-corrected chi connectivity index (χ3v) is 3.12. The van der Waals surface area contributed by atoms with Gasteiger partial charge in [-0.05, 0) is 26.0 Å². The molecule has 6 nitrogen and oxygen atoms in total. The number of aryl methyl sites for hydroxylation is 2. The molecule has 21 heavy (non-hydrogen) atoms. The number of carbonyl (C=O) groups excluding carboxylic acids is 1. The van der Waals surface area contributed by atoms with Crippen LogP contribution in [0.25, 0.3) is 0 Å². The van der Waals surface area contributed by atoms with Crippen molar-refractivity contribution in [1.82, 2.24) is 10.2 Å². The summed E-state index contributed by atoms with van der Waals surface area (Å²) in [4.78, 5) is 12.2. The minimum absolute atomic E-state index is 0.135. The summed E-state index contributed by atoms with van der Waals surface area (Å²) in [6, 6.07) is 7.06. The summed E-state index contributed by atoms with van der Waals surface area (Å²) in [5.74, 6) is 0.209. The highest BCUT2D eigenvalue weighted by Gasteiger charge is 2.12. The van der Waals surface area contributed by atoms with Crippen LogP contribution < -0.4 is 15.8 Å². The van der Waals surface area contributed by atoms with E-state index in [9.17, 15) is 4.79 Å². The van der Waals surface area contributed by atoms with Gasteiger partial charge in [0.15, 0.2) is 6.61 Å². The van der Waals surface area contributed by atoms with Crippen molar-refractivity contribution in [3.05, 3.63) is 41.2 Å². The van der Waals surface area contributed by atoms with Gasteiger partial charge in [0.2, 0.25) is 0 Å². The van der Waals surface area contributed by atoms with Crippen molar-refractivity contribution in [3.8, 4) is 5.75 Å². The second-order valence-electron chi connectivity index (χ2n) is 4.51. The van der Waals surface area contributed by atoms with Crippen LogP contribution in [0.1, 0.15) is 17.0 Å². The van der Waals surface area contributed by atoms with Crippen LogP contribution in [0, 0.1) is 13.8 Å². The van der Waals surface area contributed by atoms with E-state index in [1.54, 1.807) is 24.3 Å². The van der Waals surface area contributed by atoms with Gasteiger partial charge in [0.05, 0.1) is 22.6 Å². The Morgan fingerprint density at radius 2 is 2.14 bits per heavy atom. The Morgan fingerprint density at radius 1 is 1.43 bits per heavy atom. The fourth-order valence-electron chi connectivity index (χ4n) is 1.85. The Balaban J connectivity index is 2.01. The second kappa shape index (κ2) is 6.36. The summed E-state index contributed by atoms with van der Waals surface area (Å²) in [5, 5.41) is 9.57. The largest absolute Gasteiger partial charge is 0.483 e. The third kappa shape index (κ3) is 3.57. The maximum atomic E-state index is 11.9. The molecule has 0 saturated carbocycles. The van der Waals surface area contributed by atoms with E-state index in [0.29, 0.717) is 17.0 Å². The van der Waals surface area contributed by atoms with Crippen LogP contribution in [0.4, 0.5) is 5.69 Å². The third-order valence-electron chi connectivity index (χ3n) is 2.90. The number of para-hydroxylation sites is 1. The van der Waals surface area contributed by atoms with Gasteiger partial charge in [-0.15, -0.1) is 0 Å². The number of nitrogens with zero attached hydrogens (tertiary/aromatic N) is 1. The van der Waals surface area contributed by atoms with Gasteiger partial charge in [-0.1, -0.05) is 24.4 Å². The average molecular weight is 304 g/mol. The Morgan fingerprint density at radius 3 is 2.76 bits per heavy atom. The zero-order valence-corrected chi connectivity index (χ0v) is 12.6. The lowest BCUT2D eigenvalue weighted by molar-refractivity contribution is -0.118. The Bertz CT molecular complexity index is 662. The number of benzene rings is 1. The summed E-state index contributed by atoms with van der Waals surface area (Å²) in [6.45, 7) is 3.50. The summed E-state index contributed by atoms with van der Waals surface area (Å²) in [6.07, 6.45) is 0. The molecule has 0 saturated heterocycles. The van der Waals surface area contributed by atoms with Gasteiger partial charge in [0, 0.05) is 0 Å². The van der Waals surface area contributed by atoms with Crippen LogP contribution in [0.3, 0.4) is 0 Å². The van der Waals surface area contributed by atoms with Crippen molar-refractivity contribution < 1.29 is 9.53 Å². The number of H-pyrrole nitrogens is 1. The van der Waals surface area contributed by atoms with Crippen molar-refractivity contribution >= 4 is 28.8 Å². The molecule has 0 unspecified atom stereocenters. The number of aromatic nitrogens is 2. The van der Waals surface area contributed by atoms with Gasteiger partial charge >= 0.3 is 0 Å². The van der Waals surface area contributed by atoms with E-state index in [0.717, 1.165) is 11.4 Å². The molecule has 0 aliphatic carbocycles. The number of nitrogens with two attached hydrogens (primary N) is 1. The van der Waals surface area contributed by atoms with Crippen LogP contribution in [0.15, 0.2) is 24.3 Å². The lowest BCUT2D eigenvalue weighted by Crippen LogP contribution is -2.22. The van der Waals surface area contributed by atoms with Gasteiger partial charge in [0.1, 0.15) is 10.7 Å². The first-order valence-electron chi connectivity index (χ1n) is 6.32. The lowest BCUT2D eigenvalue weighted by Gasteiger charge is -2.10. The maximum Gasteiger partial charge on any atom is 0.262 e. The molecule has 0 fully saturated rings. The first-order chi connectivity index (χ1) is 9.99. The number of hydrogen-bond donors (Lipinski definition) is 3. The van der Waals surface area contributed by atoms with Crippen LogP contribution >= 0.6 is 12.2 Å². The minimum atomic E-state index is -0.277. The van der Waals surface area contributed by atoms with Crippen LogP contribution in [0.5, 0.6) is 5.75 Å². The molecule has 1 aromatic heterocycles. The summed E-state index contributed by atoms with van der Waals surface area (Å²) < 4.78 is 5.48. The van der Waals surface area contributed by atoms with E-state index in [-0.39, 0.29) is 17.5 Å². The molecule has 2 rings (SSSR count). The number of aromatic amines is 1. The van der Waals surface area contributed by atoms with Crippen LogP contribution in [-0.2, 0) is 4.79 Å². The number of thiocarbonyl (C=S) groups is 1. The molecule has 0 bridgehead atoms. The summed E-state index contributed by atoms with van der Waals surface area (Å²) >= 11 is 4.94. The number of anilines is 1. The van der Waals surface area contributed by atoms with Crippen molar-refractivity contribution in [3.63, 3.8) is 0 Å². The van der Waals surface area contributed by atoms with Crippen LogP contribution in [0.2, 0.25) is 0 Å². The smallest absolute Gasteiger partial charge is 0.262 e. The number of hydrogen-bond acceptors (Lipinski definition) is 4. The zero-order valence-electron chi connectivity index (χ0n) is 11.8. The first kappa shape index (κ1) is 15.0. The number of amides is 1. The van der Waals surface area contributed by atoms with Crippen molar-refractivity contribution in [2.45, 2.75) is 13.8 Å². The highest BCUT2D eigenvalue weighted by molar-refractivity contribution is 7.80. The Labute approximate surface area is 127 Å². The standard InChI is InChI=1S/C14H16N4O2S/c1-8-13(9(2)18-17-8)16-12(19)7-20-11-6-4-3-5-10(11)14(15)21/h3-6H,7H2,1-2H3,(H2,15,21)(H,16,19)(H,17,18). The first-order valence-corrected chi connectivity index (χ1v) is 6.73. The average Bonchev–Trinajstić information content (AvgIpc) is 2.77. The number of carbonyl (C=O) groups is 1. The van der Waals surface area contributed by atoms with Gasteiger partial charge < -0.3 is 15.8 Å². The number of nitrogens with one attached hydrogen (secondary N) is 2. The molecule has 2 aromatic rings. The molecule has 1 aromatic carbocycles. The summed E-state index contributed by atoms with van der Waals surface area (Å²) in [5.41, 5.74) is 8.41. The second-order valence-corrected chi connectivity index (χ2v) is 4.95. The maximum absolute atomic E-state index is 11.9. The van der Waals surface area contributed by atoms with E-state index < -0.39 is 0 Å². The van der Waals surface area contributed by atoms with Gasteiger partial charge in [-0.3, -0.25) is 9.89 Å². The van der Waals surface area contributed by atoms with Crippen LogP contribution in [-0.4, -0.2) is 27.7 Å². The molecule has 0 atom stereocenters. The molecular weight excluding hydrogens is 288 g/mol. The predicted molar refractivity (Wildman–Crippen MR) is 84.5 cm³/mol. The van der Waals surface area contributed by atoms with Gasteiger partial charge in [-0.25, -0.2) is 0 Å². The highest BCUT2D eigenvalue weighted by Crippen LogP contribution is 2.18. The predicted octanol–water partition coefficient (Wildman–Crippen LogP) is 1.68. The fourth-order valence-corrected chi connectivity index (χ4v) is 2.02. The summed E-state index contributed by atoms with van der Waals surface area (Å²) in [7, 11) is 0. The van der Waals surface area contributed by atoms with E-state index in [1.807, 2.05) is 13.8 Å². The fraction of sp³-hybridized carbons (Fsp3) is 0.214. The zero-order chi connectivity index (χ0) is 15.4. The highest BCUT2D eigenvalue weighted by atomic mass is 32.1. The Kier molecular flexibility index (Phi) is 4.54. The molecule has 0 radical (unpaired) electrons. The van der Waals surface area contributed by atoms with E-state index in [2.05, 4.69) is 15.5 Å². The minimum Gasteiger partial charge on any atom is -0.483 e. The Hall–Kier alpha value is -2.41. The van der Waals surface area contributed by atoms with Crippen molar-refractivity contribution in [2.75, 3.05) is 11.9 Å². The van der Waals surface area contributed by atoms with E-state index >= 15 is 0 Å². The quantitative estimate of drug-likeness (QED) is 0.731. The lowest BCUT2D eigenvalue weighted by atomic mass is 10.2. The van der Waals surface area contributed by atoms with Gasteiger partial charge in [-0.2, -0.15) is 5.10 Å². The molecule has 110 valence electrons. The van der Waals surface area contributed by atoms with E-state index in [1.165, 1.54) is 0 Å². The topological polar surface area (TPSA) is 93.0 Å². The molecule has 0 spiro atoms. The monoisotopic (exact) mass is 304 g/mol. The molecule has 0 aliphatic rings. The normalized spacial score (nSPS) is 10.2. The van der Waals surface area contributed by atoms with Gasteiger partial charge in [0.25, 0.3) is 5.91 Å². The molecule has 7 heteroatoms. The molecule has 0 aliphatic heterocycles. The van der Waals surface area contributed by atoms with E-state index in [4.69, 9.17) is 22.7 Å². The van der Waals surface area contributed by atoms with Crippen molar-refractivity contribution in [1.29, 1.82) is 0 Å². The number of rotatable bonds is 5.